The predicted octanol–water partition coefficient (Wildman–Crippen LogP) is 1.65. The second-order valence-corrected chi connectivity index (χ2v) is 3.34. The van der Waals surface area contributed by atoms with E-state index in [1.54, 1.807) is 0 Å². The number of benzene rings is 1. The Morgan fingerprint density at radius 3 is 2.12 bits per heavy atom. The molecule has 0 fully saturated rings. The van der Waals surface area contributed by atoms with Gasteiger partial charge >= 0.3 is 5.97 Å². The number of carboxylic acid groups (broad SMARTS) is 1. The minimum atomic E-state index is -1.63. The van der Waals surface area contributed by atoms with Gasteiger partial charge in [0.2, 0.25) is 0 Å². The molecule has 0 spiro atoms. The van der Waals surface area contributed by atoms with Gasteiger partial charge in [-0.1, -0.05) is 0 Å². The summed E-state index contributed by atoms with van der Waals surface area (Å²) in [5, 5.41) is 17.9. The van der Waals surface area contributed by atoms with E-state index in [1.165, 1.54) is 0 Å². The summed E-state index contributed by atoms with van der Waals surface area (Å²) >= 11 is 0. The second kappa shape index (κ2) is 4.52. The second-order valence-electron chi connectivity index (χ2n) is 3.34. The van der Waals surface area contributed by atoms with Crippen molar-refractivity contribution in [3.63, 3.8) is 0 Å². The van der Waals surface area contributed by atoms with E-state index in [2.05, 4.69) is 0 Å². The van der Waals surface area contributed by atoms with E-state index in [0.717, 1.165) is 6.92 Å². The maximum atomic E-state index is 13.2. The maximum Gasteiger partial charge on any atom is 0.313 e. The third-order valence-corrected chi connectivity index (χ3v) is 2.12. The first kappa shape index (κ1) is 12.5. The lowest BCUT2D eigenvalue weighted by atomic mass is 9.94. The summed E-state index contributed by atoms with van der Waals surface area (Å²) in [6.45, 7) is 1.12. The van der Waals surface area contributed by atoms with Crippen LogP contribution in [0.25, 0.3) is 0 Å². The van der Waals surface area contributed by atoms with Crippen molar-refractivity contribution in [3.8, 4) is 0 Å². The van der Waals surface area contributed by atoms with Crippen molar-refractivity contribution in [1.29, 1.82) is 0 Å². The maximum absolute atomic E-state index is 13.2. The third-order valence-electron chi connectivity index (χ3n) is 2.12. The first-order chi connectivity index (χ1) is 7.34. The number of hydrogen-bond acceptors (Lipinski definition) is 2. The average molecular weight is 234 g/mol. The van der Waals surface area contributed by atoms with Crippen LogP contribution >= 0.6 is 0 Å². The molecule has 0 bridgehead atoms. The minimum Gasteiger partial charge on any atom is -0.481 e. The van der Waals surface area contributed by atoms with Gasteiger partial charge in [0, 0.05) is 11.6 Å². The molecule has 0 radical (unpaired) electrons. The van der Waals surface area contributed by atoms with E-state index in [0.29, 0.717) is 6.07 Å². The summed E-state index contributed by atoms with van der Waals surface area (Å²) in [4.78, 5) is 10.7. The number of aliphatic hydroxyl groups is 1. The number of carboxylic acids is 1. The van der Waals surface area contributed by atoms with Crippen LogP contribution in [0.1, 0.15) is 18.4 Å². The molecule has 2 unspecified atom stereocenters. The average Bonchev–Trinajstić information content (AvgIpc) is 2.12. The van der Waals surface area contributed by atoms with E-state index in [4.69, 9.17) is 10.2 Å². The molecule has 1 rings (SSSR count). The highest BCUT2D eigenvalue weighted by molar-refractivity contribution is 5.76. The predicted molar refractivity (Wildman–Crippen MR) is 48.4 cm³/mol. The summed E-state index contributed by atoms with van der Waals surface area (Å²) in [5.74, 6) is -7.11. The molecule has 2 N–H and O–H groups in total. The van der Waals surface area contributed by atoms with Crippen LogP contribution in [0.5, 0.6) is 0 Å². The van der Waals surface area contributed by atoms with Crippen molar-refractivity contribution in [2.45, 2.75) is 18.9 Å². The molecule has 1 aromatic rings. The lowest BCUT2D eigenvalue weighted by Gasteiger charge is -2.16. The van der Waals surface area contributed by atoms with E-state index in [1.807, 2.05) is 0 Å². The van der Waals surface area contributed by atoms with Crippen LogP contribution in [0, 0.1) is 17.5 Å². The van der Waals surface area contributed by atoms with E-state index in [9.17, 15) is 18.0 Å². The lowest BCUT2D eigenvalue weighted by Crippen LogP contribution is -2.24. The van der Waals surface area contributed by atoms with Gasteiger partial charge in [0.15, 0.2) is 11.6 Å². The number of aliphatic carboxylic acids is 1. The van der Waals surface area contributed by atoms with Gasteiger partial charge in [-0.25, -0.2) is 13.2 Å². The molecule has 0 aromatic heterocycles. The smallest absolute Gasteiger partial charge is 0.313 e. The molecule has 2 atom stereocenters. The molecule has 0 aliphatic heterocycles. The quantitative estimate of drug-likeness (QED) is 0.782. The molecule has 0 heterocycles. The Labute approximate surface area is 89.1 Å². The molecule has 0 aliphatic rings. The highest BCUT2D eigenvalue weighted by Gasteiger charge is 2.29. The van der Waals surface area contributed by atoms with Crippen molar-refractivity contribution in [2.75, 3.05) is 0 Å². The van der Waals surface area contributed by atoms with E-state index >= 15 is 0 Å². The number of aliphatic hydroxyl groups excluding tert-OH is 1. The molecule has 0 aliphatic carbocycles. The standard InChI is InChI=1S/C10H9F3O3/c1-4(14)9(10(15)16)5-2-7(12)8(13)3-6(5)11/h2-4,9,14H,1H3,(H,15,16). The van der Waals surface area contributed by atoms with Gasteiger partial charge in [-0.3, -0.25) is 4.79 Å². The lowest BCUT2D eigenvalue weighted by molar-refractivity contribution is -0.141. The van der Waals surface area contributed by atoms with Gasteiger partial charge in [0.1, 0.15) is 11.7 Å². The van der Waals surface area contributed by atoms with Gasteiger partial charge in [0.25, 0.3) is 0 Å². The fourth-order valence-electron chi connectivity index (χ4n) is 1.38. The molecular weight excluding hydrogens is 225 g/mol. The molecule has 6 heteroatoms. The Kier molecular flexibility index (Phi) is 3.54. The summed E-state index contributed by atoms with van der Waals surface area (Å²) in [5.41, 5.74) is -0.582. The molecule has 0 saturated heterocycles. The van der Waals surface area contributed by atoms with Gasteiger partial charge < -0.3 is 10.2 Å². The zero-order valence-electron chi connectivity index (χ0n) is 8.25. The van der Waals surface area contributed by atoms with Crippen LogP contribution in [0.3, 0.4) is 0 Å². The monoisotopic (exact) mass is 234 g/mol. The van der Waals surface area contributed by atoms with Crippen LogP contribution in [0.4, 0.5) is 13.2 Å². The molecule has 88 valence electrons. The van der Waals surface area contributed by atoms with Crippen LogP contribution in [-0.2, 0) is 4.79 Å². The van der Waals surface area contributed by atoms with Crippen molar-refractivity contribution in [2.24, 2.45) is 0 Å². The molecule has 0 amide bonds. The number of rotatable bonds is 3. The zero-order valence-corrected chi connectivity index (χ0v) is 8.25. The Morgan fingerprint density at radius 1 is 1.19 bits per heavy atom. The summed E-state index contributed by atoms with van der Waals surface area (Å²) < 4.78 is 38.7. The Bertz CT molecular complexity index is 418. The topological polar surface area (TPSA) is 57.5 Å². The fourth-order valence-corrected chi connectivity index (χ4v) is 1.38. The van der Waals surface area contributed by atoms with Crippen LogP contribution in [-0.4, -0.2) is 22.3 Å². The number of carbonyl (C=O) groups is 1. The zero-order chi connectivity index (χ0) is 12.5. The van der Waals surface area contributed by atoms with Crippen molar-refractivity contribution >= 4 is 5.97 Å². The van der Waals surface area contributed by atoms with Crippen molar-refractivity contribution < 1.29 is 28.2 Å². The molecule has 3 nitrogen and oxygen atoms in total. The van der Waals surface area contributed by atoms with Crippen LogP contribution in [0.2, 0.25) is 0 Å². The van der Waals surface area contributed by atoms with Crippen molar-refractivity contribution in [1.82, 2.24) is 0 Å². The highest BCUT2D eigenvalue weighted by atomic mass is 19.2. The van der Waals surface area contributed by atoms with Gasteiger partial charge in [-0.15, -0.1) is 0 Å². The third kappa shape index (κ3) is 2.33. The van der Waals surface area contributed by atoms with E-state index in [-0.39, 0.29) is 6.07 Å². The normalized spacial score (nSPS) is 14.6. The highest BCUT2D eigenvalue weighted by Crippen LogP contribution is 2.25. The SMILES string of the molecule is CC(O)C(C(=O)O)c1cc(F)c(F)cc1F. The Morgan fingerprint density at radius 2 is 1.69 bits per heavy atom. The van der Waals surface area contributed by atoms with Crippen molar-refractivity contribution in [3.05, 3.63) is 35.1 Å². The van der Waals surface area contributed by atoms with Crippen LogP contribution < -0.4 is 0 Å². The largest absolute Gasteiger partial charge is 0.481 e. The fraction of sp³-hybridized carbons (Fsp3) is 0.300. The van der Waals surface area contributed by atoms with Gasteiger partial charge in [-0.2, -0.15) is 0 Å². The minimum absolute atomic E-state index is 0.253. The molecule has 1 aromatic carbocycles. The number of halogens is 3. The molecular formula is C10H9F3O3. The van der Waals surface area contributed by atoms with Gasteiger partial charge in [-0.05, 0) is 13.0 Å². The Hall–Kier alpha value is -1.56. The summed E-state index contributed by atoms with van der Waals surface area (Å²) in [6, 6.07) is 0.694. The summed E-state index contributed by atoms with van der Waals surface area (Å²) in [6.07, 6.45) is -1.42. The molecule has 0 saturated carbocycles. The number of hydrogen-bond donors (Lipinski definition) is 2. The van der Waals surface area contributed by atoms with Gasteiger partial charge in [0.05, 0.1) is 6.10 Å². The first-order valence-electron chi connectivity index (χ1n) is 4.40. The van der Waals surface area contributed by atoms with Crippen LogP contribution in [0.15, 0.2) is 12.1 Å². The Balaban J connectivity index is 3.30. The van der Waals surface area contributed by atoms with E-state index < -0.39 is 41.0 Å². The summed E-state index contributed by atoms with van der Waals surface area (Å²) in [7, 11) is 0. The first-order valence-corrected chi connectivity index (χ1v) is 4.40. The molecule has 16 heavy (non-hydrogen) atoms.